The number of rotatable bonds is 8. The Labute approximate surface area is 174 Å². The molecule has 152 valence electrons. The first-order valence-corrected chi connectivity index (χ1v) is 9.71. The zero-order chi connectivity index (χ0) is 20.8. The molecule has 3 rings (SSSR count). The van der Waals surface area contributed by atoms with E-state index in [4.69, 9.17) is 21.1 Å². The number of hydrogen-bond donors (Lipinski definition) is 1. The number of aromatic nitrogens is 1. The predicted octanol–water partition coefficient (Wildman–Crippen LogP) is 4.11. The summed E-state index contributed by atoms with van der Waals surface area (Å²) in [5.41, 5.74) is 1.64. The van der Waals surface area contributed by atoms with Crippen molar-refractivity contribution in [1.29, 1.82) is 0 Å². The molecular formula is C22H23ClN2O4. The standard InChI is InChI=1S/C22H23ClN2O4/c1-3-29-22(27)13-19(16-5-4-6-18(11-16)28-2)24-21(26)14-25-10-9-15-7-8-17(23)12-20(15)25/h4-12,19H,3,13-14H2,1-2H3,(H,24,26). The average molecular weight is 415 g/mol. The number of carbonyl (C=O) groups is 2. The second kappa shape index (κ2) is 9.47. The summed E-state index contributed by atoms with van der Waals surface area (Å²) in [5, 5.41) is 4.55. The molecule has 1 amide bonds. The highest BCUT2D eigenvalue weighted by Crippen LogP contribution is 2.23. The van der Waals surface area contributed by atoms with Gasteiger partial charge < -0.3 is 19.4 Å². The van der Waals surface area contributed by atoms with Gasteiger partial charge in [-0.15, -0.1) is 0 Å². The number of methoxy groups -OCH3 is 1. The molecule has 0 aliphatic carbocycles. The van der Waals surface area contributed by atoms with E-state index in [2.05, 4.69) is 5.32 Å². The van der Waals surface area contributed by atoms with Gasteiger partial charge in [-0.05, 0) is 48.2 Å². The molecule has 3 aromatic rings. The van der Waals surface area contributed by atoms with Gasteiger partial charge in [-0.3, -0.25) is 9.59 Å². The van der Waals surface area contributed by atoms with E-state index in [1.807, 2.05) is 53.2 Å². The van der Waals surface area contributed by atoms with Crippen molar-refractivity contribution in [3.63, 3.8) is 0 Å². The third-order valence-corrected chi connectivity index (χ3v) is 4.79. The van der Waals surface area contributed by atoms with E-state index in [0.29, 0.717) is 10.8 Å². The van der Waals surface area contributed by atoms with Crippen LogP contribution < -0.4 is 10.1 Å². The topological polar surface area (TPSA) is 69.6 Å². The Morgan fingerprint density at radius 3 is 2.76 bits per heavy atom. The fourth-order valence-electron chi connectivity index (χ4n) is 3.19. The Morgan fingerprint density at radius 2 is 2.00 bits per heavy atom. The monoisotopic (exact) mass is 414 g/mol. The van der Waals surface area contributed by atoms with Crippen molar-refractivity contribution in [3.8, 4) is 5.75 Å². The molecule has 1 heterocycles. The van der Waals surface area contributed by atoms with Crippen molar-refractivity contribution in [2.45, 2.75) is 25.9 Å². The molecule has 0 aliphatic heterocycles. The lowest BCUT2D eigenvalue weighted by Crippen LogP contribution is -2.33. The molecule has 1 N–H and O–H groups in total. The number of fused-ring (bicyclic) bond motifs is 1. The number of amides is 1. The minimum Gasteiger partial charge on any atom is -0.497 e. The number of halogens is 1. The smallest absolute Gasteiger partial charge is 0.308 e. The minimum absolute atomic E-state index is 0.0327. The molecular weight excluding hydrogens is 392 g/mol. The van der Waals surface area contributed by atoms with Crippen LogP contribution in [-0.2, 0) is 20.9 Å². The summed E-state index contributed by atoms with van der Waals surface area (Å²) in [7, 11) is 1.57. The second-order valence-electron chi connectivity index (χ2n) is 6.55. The Morgan fingerprint density at radius 1 is 1.17 bits per heavy atom. The van der Waals surface area contributed by atoms with Gasteiger partial charge in [0.15, 0.2) is 0 Å². The Balaban J connectivity index is 1.79. The first-order chi connectivity index (χ1) is 14.0. The highest BCUT2D eigenvalue weighted by atomic mass is 35.5. The fraction of sp³-hybridized carbons (Fsp3) is 0.273. The minimum atomic E-state index is -0.526. The first-order valence-electron chi connectivity index (χ1n) is 9.33. The Bertz CT molecular complexity index is 1010. The van der Waals surface area contributed by atoms with Gasteiger partial charge in [-0.1, -0.05) is 29.8 Å². The van der Waals surface area contributed by atoms with Crippen LogP contribution in [0.1, 0.15) is 24.9 Å². The van der Waals surface area contributed by atoms with E-state index in [1.54, 1.807) is 20.1 Å². The maximum absolute atomic E-state index is 12.8. The summed E-state index contributed by atoms with van der Waals surface area (Å²) in [6, 6.07) is 14.2. The highest BCUT2D eigenvalue weighted by molar-refractivity contribution is 6.31. The largest absolute Gasteiger partial charge is 0.497 e. The van der Waals surface area contributed by atoms with Crippen LogP contribution >= 0.6 is 11.6 Å². The third-order valence-electron chi connectivity index (χ3n) is 4.56. The molecule has 0 radical (unpaired) electrons. The van der Waals surface area contributed by atoms with Crippen LogP contribution in [0.2, 0.25) is 5.02 Å². The maximum Gasteiger partial charge on any atom is 0.308 e. The van der Waals surface area contributed by atoms with Crippen molar-refractivity contribution < 1.29 is 19.1 Å². The van der Waals surface area contributed by atoms with E-state index in [0.717, 1.165) is 16.5 Å². The van der Waals surface area contributed by atoms with Crippen molar-refractivity contribution in [3.05, 3.63) is 65.3 Å². The Hall–Kier alpha value is -2.99. The number of nitrogens with one attached hydrogen (secondary N) is 1. The number of ether oxygens (including phenoxy) is 2. The molecule has 2 aromatic carbocycles. The van der Waals surface area contributed by atoms with Gasteiger partial charge in [0.25, 0.3) is 0 Å². The summed E-state index contributed by atoms with van der Waals surface area (Å²) in [5.74, 6) is 0.0510. The van der Waals surface area contributed by atoms with Crippen LogP contribution in [0.5, 0.6) is 5.75 Å². The maximum atomic E-state index is 12.8. The van der Waals surface area contributed by atoms with Gasteiger partial charge in [-0.25, -0.2) is 0 Å². The lowest BCUT2D eigenvalue weighted by Gasteiger charge is -2.19. The lowest BCUT2D eigenvalue weighted by atomic mass is 10.0. The lowest BCUT2D eigenvalue weighted by molar-refractivity contribution is -0.143. The van der Waals surface area contributed by atoms with Crippen molar-refractivity contribution >= 4 is 34.4 Å². The number of benzene rings is 2. The zero-order valence-corrected chi connectivity index (χ0v) is 17.1. The SMILES string of the molecule is CCOC(=O)CC(NC(=O)Cn1ccc2ccc(Cl)cc21)c1cccc(OC)c1. The summed E-state index contributed by atoms with van der Waals surface area (Å²) in [4.78, 5) is 24.8. The van der Waals surface area contributed by atoms with Gasteiger partial charge in [0.05, 0.1) is 26.2 Å². The fourth-order valence-corrected chi connectivity index (χ4v) is 3.35. The highest BCUT2D eigenvalue weighted by Gasteiger charge is 2.20. The molecule has 1 unspecified atom stereocenters. The summed E-state index contributed by atoms with van der Waals surface area (Å²) in [6.07, 6.45) is 1.87. The van der Waals surface area contributed by atoms with Crippen molar-refractivity contribution in [2.24, 2.45) is 0 Å². The van der Waals surface area contributed by atoms with Gasteiger partial charge in [0, 0.05) is 16.7 Å². The van der Waals surface area contributed by atoms with Crippen molar-refractivity contribution in [2.75, 3.05) is 13.7 Å². The molecule has 0 saturated carbocycles. The zero-order valence-electron chi connectivity index (χ0n) is 16.4. The number of hydrogen-bond acceptors (Lipinski definition) is 4. The molecule has 0 spiro atoms. The van der Waals surface area contributed by atoms with E-state index >= 15 is 0 Å². The van der Waals surface area contributed by atoms with E-state index in [1.165, 1.54) is 0 Å². The van der Waals surface area contributed by atoms with E-state index < -0.39 is 6.04 Å². The summed E-state index contributed by atoms with van der Waals surface area (Å²) >= 11 is 6.09. The predicted molar refractivity (Wildman–Crippen MR) is 112 cm³/mol. The summed E-state index contributed by atoms with van der Waals surface area (Å²) < 4.78 is 12.2. The third kappa shape index (κ3) is 5.29. The quantitative estimate of drug-likeness (QED) is 0.563. The summed E-state index contributed by atoms with van der Waals surface area (Å²) in [6.45, 7) is 2.14. The molecule has 0 fully saturated rings. The molecule has 1 aromatic heterocycles. The van der Waals surface area contributed by atoms with Crippen LogP contribution in [0.25, 0.3) is 10.9 Å². The second-order valence-corrected chi connectivity index (χ2v) is 6.99. The number of esters is 1. The Kier molecular flexibility index (Phi) is 6.77. The van der Waals surface area contributed by atoms with Crippen LogP contribution in [0.15, 0.2) is 54.7 Å². The molecule has 0 aliphatic rings. The van der Waals surface area contributed by atoms with Gasteiger partial charge in [0.1, 0.15) is 12.3 Å². The average Bonchev–Trinajstić information content (AvgIpc) is 3.09. The molecule has 6 nitrogen and oxygen atoms in total. The van der Waals surface area contributed by atoms with Gasteiger partial charge >= 0.3 is 5.97 Å². The first kappa shape index (κ1) is 20.7. The van der Waals surface area contributed by atoms with E-state index in [-0.39, 0.29) is 31.4 Å². The molecule has 0 bridgehead atoms. The van der Waals surface area contributed by atoms with Crippen LogP contribution in [0, 0.1) is 0 Å². The van der Waals surface area contributed by atoms with Crippen LogP contribution in [0.4, 0.5) is 0 Å². The number of carbonyl (C=O) groups excluding carboxylic acids is 2. The normalized spacial score (nSPS) is 11.8. The molecule has 7 heteroatoms. The number of nitrogens with zero attached hydrogens (tertiary/aromatic N) is 1. The van der Waals surface area contributed by atoms with Crippen LogP contribution in [0.3, 0.4) is 0 Å². The van der Waals surface area contributed by atoms with Gasteiger partial charge in [-0.2, -0.15) is 0 Å². The van der Waals surface area contributed by atoms with Crippen LogP contribution in [-0.4, -0.2) is 30.2 Å². The molecule has 29 heavy (non-hydrogen) atoms. The van der Waals surface area contributed by atoms with Gasteiger partial charge in [0.2, 0.25) is 5.91 Å². The van der Waals surface area contributed by atoms with E-state index in [9.17, 15) is 9.59 Å². The molecule has 0 saturated heterocycles. The molecule has 1 atom stereocenters. The van der Waals surface area contributed by atoms with Crippen molar-refractivity contribution in [1.82, 2.24) is 9.88 Å².